The maximum absolute atomic E-state index is 5.79. The summed E-state index contributed by atoms with van der Waals surface area (Å²) in [4.78, 5) is 8.11. The molecule has 1 aromatic rings. The first-order valence-electron chi connectivity index (χ1n) is 9.12. The normalized spacial score (nSPS) is 36.8. The van der Waals surface area contributed by atoms with E-state index < -0.39 is 0 Å². The number of nitrogens with zero attached hydrogens (tertiary/aromatic N) is 2. The third-order valence-electron chi connectivity index (χ3n) is 6.30. The van der Waals surface area contributed by atoms with Crippen molar-refractivity contribution in [2.24, 2.45) is 34.7 Å². The van der Waals surface area contributed by atoms with Gasteiger partial charge in [0.25, 0.3) is 0 Å². The summed E-state index contributed by atoms with van der Waals surface area (Å²) in [6.07, 6.45) is 5.66. The molecule has 3 aliphatic carbocycles. The van der Waals surface area contributed by atoms with Gasteiger partial charge >= 0.3 is 0 Å². The lowest BCUT2D eigenvalue weighted by Gasteiger charge is -2.34. The van der Waals surface area contributed by atoms with Crippen molar-refractivity contribution in [2.45, 2.75) is 32.3 Å². The lowest BCUT2D eigenvalue weighted by atomic mass is 9.74. The third-order valence-corrected chi connectivity index (χ3v) is 6.30. The average Bonchev–Trinajstić information content (AvgIpc) is 3.20. The smallest absolute Gasteiger partial charge is 0.142 e. The third kappa shape index (κ3) is 2.80. The first-order valence-corrected chi connectivity index (χ1v) is 9.12. The Kier molecular flexibility index (Phi) is 4.14. The monoisotopic (exact) mass is 312 g/mol. The van der Waals surface area contributed by atoms with Crippen molar-refractivity contribution in [1.29, 1.82) is 0 Å². The van der Waals surface area contributed by atoms with Crippen LogP contribution in [0.1, 0.15) is 31.2 Å². The van der Waals surface area contributed by atoms with Gasteiger partial charge in [0.15, 0.2) is 0 Å². The van der Waals surface area contributed by atoms with E-state index in [1.54, 1.807) is 0 Å². The van der Waals surface area contributed by atoms with Crippen molar-refractivity contribution in [3.8, 4) is 0 Å². The molecule has 23 heavy (non-hydrogen) atoms. The van der Waals surface area contributed by atoms with Gasteiger partial charge in [0.05, 0.1) is 5.71 Å². The van der Waals surface area contributed by atoms with Gasteiger partial charge in [0.2, 0.25) is 0 Å². The van der Waals surface area contributed by atoms with Gasteiger partial charge in [-0.3, -0.25) is 0 Å². The topological polar surface area (TPSA) is 24.8 Å². The first kappa shape index (κ1) is 15.2. The number of hydrogen-bond donors (Lipinski definition) is 0. The van der Waals surface area contributed by atoms with Crippen molar-refractivity contribution in [3.63, 3.8) is 0 Å². The van der Waals surface area contributed by atoms with E-state index in [1.165, 1.54) is 37.0 Å². The minimum Gasteiger partial charge on any atom is -0.391 e. The van der Waals surface area contributed by atoms with Crippen LogP contribution in [0.5, 0.6) is 0 Å². The van der Waals surface area contributed by atoms with Crippen LogP contribution in [0.4, 0.5) is 0 Å². The molecule has 3 aliphatic rings. The van der Waals surface area contributed by atoms with Crippen LogP contribution in [0, 0.1) is 29.6 Å². The van der Waals surface area contributed by atoms with E-state index in [-0.39, 0.29) is 0 Å². The van der Waals surface area contributed by atoms with Crippen LogP contribution in [0.2, 0.25) is 0 Å². The molecule has 0 radical (unpaired) electrons. The van der Waals surface area contributed by atoms with Crippen molar-refractivity contribution in [2.75, 3.05) is 20.6 Å². The molecule has 0 N–H and O–H groups in total. The molecular formula is C20H28N2O. The molecule has 0 heterocycles. The predicted octanol–water partition coefficient (Wildman–Crippen LogP) is 3.80. The molecule has 0 unspecified atom stereocenters. The van der Waals surface area contributed by atoms with E-state index in [0.29, 0.717) is 18.4 Å². The van der Waals surface area contributed by atoms with Crippen molar-refractivity contribution in [3.05, 3.63) is 35.9 Å². The lowest BCUT2D eigenvalue weighted by Crippen LogP contribution is -2.38. The number of fused-ring (bicyclic) bond motifs is 5. The fraction of sp³-hybridized carbons (Fsp3) is 0.650. The Balaban J connectivity index is 1.49. The van der Waals surface area contributed by atoms with Crippen LogP contribution in [0.3, 0.4) is 0 Å². The summed E-state index contributed by atoms with van der Waals surface area (Å²) < 4.78 is 0. The molecular weight excluding hydrogens is 284 g/mol. The molecule has 2 bridgehead atoms. The quantitative estimate of drug-likeness (QED) is 0.773. The first-order chi connectivity index (χ1) is 11.2. The number of rotatable bonds is 5. The van der Waals surface area contributed by atoms with E-state index >= 15 is 0 Å². The summed E-state index contributed by atoms with van der Waals surface area (Å²) in [5, 5.41) is 4.69. The molecule has 0 aromatic heterocycles. The minimum absolute atomic E-state index is 0.588. The summed E-state index contributed by atoms with van der Waals surface area (Å²) in [6.45, 7) is 1.71. The van der Waals surface area contributed by atoms with E-state index in [4.69, 9.17) is 4.84 Å². The molecule has 0 saturated heterocycles. The molecule has 0 amide bonds. The molecule has 3 saturated carbocycles. The van der Waals surface area contributed by atoms with Crippen molar-refractivity contribution < 1.29 is 4.84 Å². The zero-order chi connectivity index (χ0) is 15.8. The summed E-state index contributed by atoms with van der Waals surface area (Å²) >= 11 is 0. The Labute approximate surface area is 139 Å². The Hall–Kier alpha value is -1.35. The fourth-order valence-electron chi connectivity index (χ4n) is 5.50. The highest BCUT2D eigenvalue weighted by Gasteiger charge is 2.57. The van der Waals surface area contributed by atoms with Crippen LogP contribution in [-0.2, 0) is 11.4 Å². The van der Waals surface area contributed by atoms with Gasteiger partial charge < -0.3 is 9.74 Å². The highest BCUT2D eigenvalue weighted by Crippen LogP contribution is 2.59. The standard InChI is InChI=1S/C20H28N2O/c1-22(2)12-19-17-11-18(16-10-6-9-15(16)17)20(19)21-23-13-14-7-4-3-5-8-14/h3-5,7-8,15-19H,6,9-13H2,1-2H3/b21-20+/t15-,16+,17-,18+,19-/m1/s1. The zero-order valence-electron chi connectivity index (χ0n) is 14.3. The molecule has 1 aromatic carbocycles. The summed E-state index contributed by atoms with van der Waals surface area (Å²) in [7, 11) is 4.36. The highest BCUT2D eigenvalue weighted by atomic mass is 16.6. The molecule has 0 spiro atoms. The maximum atomic E-state index is 5.79. The SMILES string of the molecule is CN(C)C[C@H]1/C(=N/OCc2ccccc2)[C@H]2C[C@@H]1[C@@H]1CCC[C@@H]12. The predicted molar refractivity (Wildman–Crippen MR) is 93.1 cm³/mol. The Morgan fingerprint density at radius 3 is 2.65 bits per heavy atom. The number of oxime groups is 1. The highest BCUT2D eigenvalue weighted by molar-refractivity contribution is 5.92. The van der Waals surface area contributed by atoms with Gasteiger partial charge in [-0.2, -0.15) is 0 Å². The van der Waals surface area contributed by atoms with Gasteiger partial charge in [0.1, 0.15) is 6.61 Å². The van der Waals surface area contributed by atoms with Gasteiger partial charge in [-0.05, 0) is 56.7 Å². The molecule has 4 rings (SSSR count). The molecule has 3 heteroatoms. The molecule has 0 aliphatic heterocycles. The van der Waals surface area contributed by atoms with Gasteiger partial charge in [-0.25, -0.2) is 0 Å². The van der Waals surface area contributed by atoms with E-state index in [1.807, 2.05) is 6.07 Å². The largest absolute Gasteiger partial charge is 0.391 e. The molecule has 3 fully saturated rings. The van der Waals surface area contributed by atoms with E-state index in [2.05, 4.69) is 48.4 Å². The van der Waals surface area contributed by atoms with Crippen LogP contribution in [-0.4, -0.2) is 31.3 Å². The Bertz CT molecular complexity index is 568. The second-order valence-electron chi connectivity index (χ2n) is 7.91. The fourth-order valence-corrected chi connectivity index (χ4v) is 5.50. The summed E-state index contributed by atoms with van der Waals surface area (Å²) in [5.74, 6) is 4.04. The molecule has 5 atom stereocenters. The number of hydrogen-bond acceptors (Lipinski definition) is 3. The van der Waals surface area contributed by atoms with E-state index in [0.717, 1.165) is 24.3 Å². The second-order valence-corrected chi connectivity index (χ2v) is 7.91. The van der Waals surface area contributed by atoms with Crippen molar-refractivity contribution in [1.82, 2.24) is 4.90 Å². The van der Waals surface area contributed by atoms with Crippen molar-refractivity contribution >= 4 is 5.71 Å². The van der Waals surface area contributed by atoms with Crippen LogP contribution < -0.4 is 0 Å². The Morgan fingerprint density at radius 1 is 1.09 bits per heavy atom. The minimum atomic E-state index is 0.588. The van der Waals surface area contributed by atoms with Crippen LogP contribution in [0.25, 0.3) is 0 Å². The second kappa shape index (κ2) is 6.27. The van der Waals surface area contributed by atoms with Gasteiger partial charge in [-0.1, -0.05) is 41.9 Å². The Morgan fingerprint density at radius 2 is 1.87 bits per heavy atom. The zero-order valence-corrected chi connectivity index (χ0v) is 14.3. The van der Waals surface area contributed by atoms with Crippen LogP contribution >= 0.6 is 0 Å². The van der Waals surface area contributed by atoms with Crippen LogP contribution in [0.15, 0.2) is 35.5 Å². The lowest BCUT2D eigenvalue weighted by molar-refractivity contribution is 0.123. The average molecular weight is 312 g/mol. The number of benzene rings is 1. The summed E-state index contributed by atoms with van der Waals surface area (Å²) in [5.41, 5.74) is 2.57. The van der Waals surface area contributed by atoms with Gasteiger partial charge in [-0.15, -0.1) is 0 Å². The van der Waals surface area contributed by atoms with Gasteiger partial charge in [0, 0.05) is 18.4 Å². The maximum Gasteiger partial charge on any atom is 0.142 e. The molecule has 124 valence electrons. The summed E-state index contributed by atoms with van der Waals surface area (Å²) in [6, 6.07) is 10.4. The molecule has 3 nitrogen and oxygen atoms in total. The van der Waals surface area contributed by atoms with E-state index in [9.17, 15) is 0 Å².